The van der Waals surface area contributed by atoms with E-state index in [1.165, 1.54) is 12.8 Å². The lowest BCUT2D eigenvalue weighted by Crippen LogP contribution is -2.46. The van der Waals surface area contributed by atoms with Crippen LogP contribution in [0.1, 0.15) is 36.9 Å². The Labute approximate surface area is 129 Å². The Hall–Kier alpha value is -2.17. The first-order valence-electron chi connectivity index (χ1n) is 8.08. The van der Waals surface area contributed by atoms with E-state index in [1.54, 1.807) is 6.20 Å². The summed E-state index contributed by atoms with van der Waals surface area (Å²) in [6.07, 6.45) is 7.28. The number of hydrogen-bond acceptors (Lipinski definition) is 3. The first-order chi connectivity index (χ1) is 10.8. The second-order valence-corrected chi connectivity index (χ2v) is 6.25. The number of carbonyl (C=O) groups excluding carboxylic acids is 1. The van der Waals surface area contributed by atoms with Gasteiger partial charge in [-0.1, -0.05) is 12.8 Å². The van der Waals surface area contributed by atoms with Crippen molar-refractivity contribution in [3.05, 3.63) is 35.7 Å². The minimum absolute atomic E-state index is 0.0730. The van der Waals surface area contributed by atoms with Crippen LogP contribution in [0.15, 0.2) is 24.4 Å². The molecule has 0 unspecified atom stereocenters. The lowest BCUT2D eigenvalue weighted by molar-refractivity contribution is 0.188. The number of pyridine rings is 2. The van der Waals surface area contributed by atoms with E-state index in [9.17, 15) is 4.79 Å². The predicted molar refractivity (Wildman–Crippen MR) is 84.4 cm³/mol. The van der Waals surface area contributed by atoms with Gasteiger partial charge in [-0.2, -0.15) is 0 Å². The largest absolute Gasteiger partial charge is 0.335 e. The predicted octanol–water partition coefficient (Wildman–Crippen LogP) is 2.64. The van der Waals surface area contributed by atoms with E-state index in [2.05, 4.69) is 21.4 Å². The number of aromatic nitrogens is 2. The molecule has 22 heavy (non-hydrogen) atoms. The zero-order valence-corrected chi connectivity index (χ0v) is 12.6. The maximum atomic E-state index is 12.4. The highest BCUT2D eigenvalue weighted by Gasteiger charge is 2.25. The Morgan fingerprint density at radius 1 is 1.32 bits per heavy atom. The van der Waals surface area contributed by atoms with Crippen LogP contribution in [0.2, 0.25) is 0 Å². The summed E-state index contributed by atoms with van der Waals surface area (Å²) in [5.74, 6) is 0. The summed E-state index contributed by atoms with van der Waals surface area (Å²) in [5.41, 5.74) is 3.02. The van der Waals surface area contributed by atoms with E-state index in [0.29, 0.717) is 12.6 Å². The van der Waals surface area contributed by atoms with Gasteiger partial charge in [-0.15, -0.1) is 0 Å². The lowest BCUT2D eigenvalue weighted by atomic mass is 10.0. The SMILES string of the molecule is O=C(NC1CCCC1)N1CCc2nc3ncccc3cc2C1. The minimum Gasteiger partial charge on any atom is -0.335 e. The summed E-state index contributed by atoms with van der Waals surface area (Å²) < 4.78 is 0. The number of rotatable bonds is 1. The number of hydrogen-bond donors (Lipinski definition) is 1. The molecule has 4 rings (SSSR count). The van der Waals surface area contributed by atoms with Gasteiger partial charge in [0.05, 0.1) is 0 Å². The monoisotopic (exact) mass is 296 g/mol. The van der Waals surface area contributed by atoms with Crippen LogP contribution in [0.5, 0.6) is 0 Å². The molecule has 5 nitrogen and oxygen atoms in total. The average molecular weight is 296 g/mol. The summed E-state index contributed by atoms with van der Waals surface area (Å²) >= 11 is 0. The summed E-state index contributed by atoms with van der Waals surface area (Å²) in [5, 5.41) is 4.21. The van der Waals surface area contributed by atoms with E-state index < -0.39 is 0 Å². The van der Waals surface area contributed by atoms with E-state index in [0.717, 1.165) is 48.1 Å². The smallest absolute Gasteiger partial charge is 0.317 e. The Balaban J connectivity index is 1.52. The Kier molecular flexibility index (Phi) is 3.41. The molecule has 0 atom stereocenters. The van der Waals surface area contributed by atoms with Gasteiger partial charge in [0.15, 0.2) is 5.65 Å². The van der Waals surface area contributed by atoms with Crippen molar-refractivity contribution in [3.63, 3.8) is 0 Å². The standard InChI is InChI=1S/C17H20N4O/c22-17(19-14-5-1-2-6-14)21-9-7-15-13(11-21)10-12-4-3-8-18-16(12)20-15/h3-4,8,10,14H,1-2,5-7,9,11H2,(H,19,22). The molecule has 1 fully saturated rings. The van der Waals surface area contributed by atoms with Gasteiger partial charge in [-0.25, -0.2) is 14.8 Å². The van der Waals surface area contributed by atoms with Gasteiger partial charge in [0, 0.05) is 42.8 Å². The van der Waals surface area contributed by atoms with Crippen LogP contribution in [0.3, 0.4) is 0 Å². The molecule has 0 saturated heterocycles. The Morgan fingerprint density at radius 3 is 3.05 bits per heavy atom. The van der Waals surface area contributed by atoms with Crippen molar-refractivity contribution in [2.75, 3.05) is 6.54 Å². The first-order valence-corrected chi connectivity index (χ1v) is 8.08. The molecule has 5 heteroatoms. The number of nitrogens with zero attached hydrogens (tertiary/aromatic N) is 3. The third kappa shape index (κ3) is 2.51. The molecule has 3 heterocycles. The molecule has 1 aliphatic heterocycles. The highest BCUT2D eigenvalue weighted by atomic mass is 16.2. The van der Waals surface area contributed by atoms with Crippen molar-refractivity contribution < 1.29 is 4.79 Å². The van der Waals surface area contributed by atoms with Crippen molar-refractivity contribution in [2.24, 2.45) is 0 Å². The number of urea groups is 1. The van der Waals surface area contributed by atoms with Crippen LogP contribution in [-0.4, -0.2) is 33.5 Å². The molecule has 1 aliphatic carbocycles. The molecule has 2 aromatic rings. The van der Waals surface area contributed by atoms with E-state index in [1.807, 2.05) is 17.0 Å². The summed E-state index contributed by atoms with van der Waals surface area (Å²) in [6.45, 7) is 1.38. The lowest BCUT2D eigenvalue weighted by Gasteiger charge is -2.29. The second-order valence-electron chi connectivity index (χ2n) is 6.25. The van der Waals surface area contributed by atoms with Crippen LogP contribution in [0.4, 0.5) is 4.79 Å². The van der Waals surface area contributed by atoms with Gasteiger partial charge in [0.2, 0.25) is 0 Å². The van der Waals surface area contributed by atoms with Crippen LogP contribution in [0.25, 0.3) is 11.0 Å². The highest BCUT2D eigenvalue weighted by Crippen LogP contribution is 2.22. The molecule has 0 aromatic carbocycles. The fourth-order valence-corrected chi connectivity index (χ4v) is 3.47. The zero-order chi connectivity index (χ0) is 14.9. The molecule has 2 aliphatic rings. The summed E-state index contributed by atoms with van der Waals surface area (Å²) in [4.78, 5) is 23.3. The third-order valence-corrected chi connectivity index (χ3v) is 4.71. The van der Waals surface area contributed by atoms with Crippen molar-refractivity contribution in [1.82, 2.24) is 20.2 Å². The molecule has 1 N–H and O–H groups in total. The molecule has 1 saturated carbocycles. The van der Waals surface area contributed by atoms with Crippen molar-refractivity contribution in [3.8, 4) is 0 Å². The Bertz CT molecular complexity index is 709. The van der Waals surface area contributed by atoms with Crippen LogP contribution in [0, 0.1) is 0 Å². The second kappa shape index (κ2) is 5.55. The summed E-state index contributed by atoms with van der Waals surface area (Å²) in [6, 6.07) is 6.51. The van der Waals surface area contributed by atoms with Crippen molar-refractivity contribution in [1.29, 1.82) is 0 Å². The number of fused-ring (bicyclic) bond motifs is 2. The van der Waals surface area contributed by atoms with Gasteiger partial charge >= 0.3 is 6.03 Å². The van der Waals surface area contributed by atoms with E-state index in [-0.39, 0.29) is 6.03 Å². The minimum atomic E-state index is 0.0730. The normalized spacial score (nSPS) is 18.5. The quantitative estimate of drug-likeness (QED) is 0.880. The van der Waals surface area contributed by atoms with Gasteiger partial charge < -0.3 is 10.2 Å². The number of amides is 2. The van der Waals surface area contributed by atoms with E-state index in [4.69, 9.17) is 0 Å². The fraction of sp³-hybridized carbons (Fsp3) is 0.471. The zero-order valence-electron chi connectivity index (χ0n) is 12.6. The first kappa shape index (κ1) is 13.5. The van der Waals surface area contributed by atoms with Crippen LogP contribution in [-0.2, 0) is 13.0 Å². The number of carbonyl (C=O) groups is 1. The number of nitrogens with one attached hydrogen (secondary N) is 1. The van der Waals surface area contributed by atoms with E-state index >= 15 is 0 Å². The van der Waals surface area contributed by atoms with Gasteiger partial charge in [-0.05, 0) is 36.6 Å². The fourth-order valence-electron chi connectivity index (χ4n) is 3.47. The molecule has 0 bridgehead atoms. The third-order valence-electron chi connectivity index (χ3n) is 4.71. The summed E-state index contributed by atoms with van der Waals surface area (Å²) in [7, 11) is 0. The molecular formula is C17H20N4O. The van der Waals surface area contributed by atoms with Crippen LogP contribution < -0.4 is 5.32 Å². The topological polar surface area (TPSA) is 58.1 Å². The Morgan fingerprint density at radius 2 is 2.18 bits per heavy atom. The molecule has 0 spiro atoms. The highest BCUT2D eigenvalue weighted by molar-refractivity contribution is 5.77. The molecule has 114 valence electrons. The molecular weight excluding hydrogens is 276 g/mol. The van der Waals surface area contributed by atoms with Gasteiger partial charge in [0.1, 0.15) is 0 Å². The molecule has 2 amide bonds. The maximum Gasteiger partial charge on any atom is 0.317 e. The van der Waals surface area contributed by atoms with Gasteiger partial charge in [-0.3, -0.25) is 0 Å². The van der Waals surface area contributed by atoms with Crippen LogP contribution >= 0.6 is 0 Å². The van der Waals surface area contributed by atoms with Crippen molar-refractivity contribution in [2.45, 2.75) is 44.7 Å². The molecule has 2 aromatic heterocycles. The van der Waals surface area contributed by atoms with Gasteiger partial charge in [0.25, 0.3) is 0 Å². The van der Waals surface area contributed by atoms with Crippen molar-refractivity contribution >= 4 is 17.1 Å². The maximum absolute atomic E-state index is 12.4. The molecule has 0 radical (unpaired) electrons. The average Bonchev–Trinajstić information content (AvgIpc) is 3.05.